The van der Waals surface area contributed by atoms with E-state index in [-0.39, 0.29) is 12.3 Å². The van der Waals surface area contributed by atoms with E-state index in [1.807, 2.05) is 61.5 Å². The van der Waals surface area contributed by atoms with Gasteiger partial charge in [0.15, 0.2) is 0 Å². The maximum absolute atomic E-state index is 13.9. The number of anilines is 1. The summed E-state index contributed by atoms with van der Waals surface area (Å²) in [6, 6.07) is 23.6. The highest BCUT2D eigenvalue weighted by atomic mass is 19.4. The Morgan fingerprint density at radius 1 is 0.879 bits per heavy atom. The Kier molecular flexibility index (Phi) is 6.18. The highest BCUT2D eigenvalue weighted by Gasteiger charge is 2.41. The van der Waals surface area contributed by atoms with Gasteiger partial charge in [-0.1, -0.05) is 73.7 Å². The predicted molar refractivity (Wildman–Crippen MR) is 124 cm³/mol. The summed E-state index contributed by atoms with van der Waals surface area (Å²) in [7, 11) is 0. The number of carbonyl (C=O) groups is 1. The van der Waals surface area contributed by atoms with E-state index in [1.54, 1.807) is 18.3 Å². The predicted octanol–water partition coefficient (Wildman–Crippen LogP) is 6.78. The highest BCUT2D eigenvalue weighted by molar-refractivity contribution is 6.04. The molecule has 1 aromatic heterocycles. The zero-order valence-electron chi connectivity index (χ0n) is 18.1. The Morgan fingerprint density at radius 2 is 1.58 bits per heavy atom. The second-order valence-electron chi connectivity index (χ2n) is 8.01. The molecule has 0 fully saturated rings. The molecule has 168 valence electrons. The Hall–Kier alpha value is -3.67. The number of fused-ring (bicyclic) bond motifs is 1. The molecule has 3 aromatic carbocycles. The van der Waals surface area contributed by atoms with Gasteiger partial charge in [-0.25, -0.2) is 0 Å². The molecule has 0 spiro atoms. The number of nitrogens with zero attached hydrogens (tertiary/aromatic N) is 1. The van der Waals surface area contributed by atoms with Crippen molar-refractivity contribution in [3.8, 4) is 0 Å². The zero-order chi connectivity index (χ0) is 23.5. The number of alkyl halides is 3. The van der Waals surface area contributed by atoms with Gasteiger partial charge in [0.25, 0.3) is 0 Å². The van der Waals surface area contributed by atoms with Gasteiger partial charge in [-0.2, -0.15) is 13.2 Å². The average Bonchev–Trinajstić information content (AvgIpc) is 2.83. The number of para-hydroxylation sites is 1. The van der Waals surface area contributed by atoms with Crippen molar-refractivity contribution < 1.29 is 18.0 Å². The molecule has 0 bridgehead atoms. The number of hydrogen-bond donors (Lipinski definition) is 1. The van der Waals surface area contributed by atoms with Crippen molar-refractivity contribution in [2.24, 2.45) is 0 Å². The van der Waals surface area contributed by atoms with Gasteiger partial charge in [-0.3, -0.25) is 9.78 Å². The number of benzene rings is 3. The molecule has 0 aliphatic rings. The van der Waals surface area contributed by atoms with Crippen LogP contribution >= 0.6 is 0 Å². The second kappa shape index (κ2) is 9.06. The molecule has 0 aliphatic carbocycles. The van der Waals surface area contributed by atoms with E-state index in [4.69, 9.17) is 0 Å². The molecule has 1 atom stereocenters. The summed E-state index contributed by atoms with van der Waals surface area (Å²) in [6.45, 7) is 1.82. The number of amides is 1. The average molecular weight is 448 g/mol. The summed E-state index contributed by atoms with van der Waals surface area (Å²) in [5.41, 5.74) is 0.362. The zero-order valence-corrected chi connectivity index (χ0v) is 18.1. The van der Waals surface area contributed by atoms with Crippen LogP contribution in [0.1, 0.15) is 30.0 Å². The molecule has 3 nitrogen and oxygen atoms in total. The molecule has 0 radical (unpaired) electrons. The number of hydrogen-bond acceptors (Lipinski definition) is 2. The van der Waals surface area contributed by atoms with Crippen molar-refractivity contribution in [2.75, 3.05) is 5.32 Å². The van der Waals surface area contributed by atoms with Gasteiger partial charge in [-0.05, 0) is 42.2 Å². The van der Waals surface area contributed by atoms with Crippen molar-refractivity contribution in [3.63, 3.8) is 0 Å². The fraction of sp³-hybridized carbons (Fsp3) is 0.185. The first-order valence-electron chi connectivity index (χ1n) is 10.7. The molecule has 0 saturated carbocycles. The van der Waals surface area contributed by atoms with Gasteiger partial charge in [-0.15, -0.1) is 0 Å². The van der Waals surface area contributed by atoms with E-state index >= 15 is 0 Å². The van der Waals surface area contributed by atoms with Crippen LogP contribution in [0.25, 0.3) is 10.9 Å². The third-order valence-electron chi connectivity index (χ3n) is 6.01. The first kappa shape index (κ1) is 22.5. The van der Waals surface area contributed by atoms with Gasteiger partial charge in [0.05, 0.1) is 22.2 Å². The summed E-state index contributed by atoms with van der Waals surface area (Å²) in [4.78, 5) is 18.2. The maximum atomic E-state index is 13.9. The van der Waals surface area contributed by atoms with Crippen molar-refractivity contribution in [1.82, 2.24) is 4.98 Å². The third kappa shape index (κ3) is 4.60. The van der Waals surface area contributed by atoms with Crippen LogP contribution in [-0.4, -0.2) is 10.9 Å². The van der Waals surface area contributed by atoms with Crippen LogP contribution in [0.3, 0.4) is 0 Å². The van der Waals surface area contributed by atoms with E-state index < -0.39 is 17.2 Å². The number of nitrogens with one attached hydrogen (secondary N) is 1. The van der Waals surface area contributed by atoms with Gasteiger partial charge in [0, 0.05) is 11.6 Å². The van der Waals surface area contributed by atoms with Gasteiger partial charge in [0.1, 0.15) is 0 Å². The summed E-state index contributed by atoms with van der Waals surface area (Å²) >= 11 is 0. The Morgan fingerprint density at radius 3 is 2.30 bits per heavy atom. The van der Waals surface area contributed by atoms with Crippen molar-refractivity contribution >= 4 is 22.5 Å². The molecule has 0 aliphatic heterocycles. The summed E-state index contributed by atoms with van der Waals surface area (Å²) in [6.07, 6.45) is -2.29. The number of carbonyl (C=O) groups excluding carboxylic acids is 1. The first-order chi connectivity index (χ1) is 15.8. The van der Waals surface area contributed by atoms with Crippen LogP contribution in [0.5, 0.6) is 0 Å². The van der Waals surface area contributed by atoms with E-state index in [9.17, 15) is 18.0 Å². The smallest absolute Gasteiger partial charge is 0.323 e. The second-order valence-corrected chi connectivity index (χ2v) is 8.01. The molecule has 4 rings (SSSR count). The van der Waals surface area contributed by atoms with E-state index in [0.29, 0.717) is 23.2 Å². The minimum Gasteiger partial charge on any atom is -0.323 e. The number of aromatic nitrogens is 1. The molecular weight excluding hydrogens is 425 g/mol. The fourth-order valence-electron chi connectivity index (χ4n) is 4.19. The molecule has 1 N–H and O–H groups in total. The number of pyridine rings is 1. The molecular formula is C27H23F3N2O. The van der Waals surface area contributed by atoms with Gasteiger partial charge in [0.2, 0.25) is 5.91 Å². The Bertz CT molecular complexity index is 1270. The van der Waals surface area contributed by atoms with Crippen LogP contribution < -0.4 is 5.32 Å². The van der Waals surface area contributed by atoms with Crippen LogP contribution in [0.2, 0.25) is 0 Å². The molecule has 33 heavy (non-hydrogen) atoms. The minimum absolute atomic E-state index is 0.260. The number of rotatable bonds is 6. The van der Waals surface area contributed by atoms with E-state index in [0.717, 1.165) is 23.1 Å². The molecule has 6 heteroatoms. The molecule has 4 aromatic rings. The first-order valence-corrected chi connectivity index (χ1v) is 10.7. The largest absolute Gasteiger partial charge is 0.416 e. The summed E-state index contributed by atoms with van der Waals surface area (Å²) in [5, 5.41) is 3.83. The Labute approximate surface area is 190 Å². The topological polar surface area (TPSA) is 42.0 Å². The lowest BCUT2D eigenvalue weighted by molar-refractivity contribution is -0.137. The van der Waals surface area contributed by atoms with E-state index in [1.165, 1.54) is 6.07 Å². The Balaban J connectivity index is 1.82. The van der Waals surface area contributed by atoms with Crippen LogP contribution in [0.15, 0.2) is 91.1 Å². The summed E-state index contributed by atoms with van der Waals surface area (Å²) in [5.74, 6) is -0.369. The van der Waals surface area contributed by atoms with Crippen LogP contribution in [-0.2, 0) is 22.8 Å². The lowest BCUT2D eigenvalue weighted by atomic mass is 9.72. The highest BCUT2D eigenvalue weighted by Crippen LogP contribution is 2.38. The third-order valence-corrected chi connectivity index (χ3v) is 6.01. The number of halogens is 3. The van der Waals surface area contributed by atoms with Gasteiger partial charge < -0.3 is 5.32 Å². The quantitative estimate of drug-likeness (QED) is 0.353. The van der Waals surface area contributed by atoms with Crippen molar-refractivity contribution in [2.45, 2.75) is 31.4 Å². The fourth-order valence-corrected chi connectivity index (χ4v) is 4.19. The molecule has 1 amide bonds. The lowest BCUT2D eigenvalue weighted by Gasteiger charge is -2.33. The molecule has 1 unspecified atom stereocenters. The molecule has 0 saturated heterocycles. The minimum atomic E-state index is -4.50. The van der Waals surface area contributed by atoms with Crippen LogP contribution in [0.4, 0.5) is 18.9 Å². The molecule has 1 heterocycles. The van der Waals surface area contributed by atoms with Crippen molar-refractivity contribution in [1.29, 1.82) is 0 Å². The summed E-state index contributed by atoms with van der Waals surface area (Å²) < 4.78 is 40.5. The van der Waals surface area contributed by atoms with Crippen molar-refractivity contribution in [3.05, 3.63) is 108 Å². The normalized spacial score (nSPS) is 13.5. The SMILES string of the molecule is CCC(Cc1ccccc1)(C(=O)Nc1cccc2cccnc12)c1cccc(C(F)(F)F)c1. The van der Waals surface area contributed by atoms with Crippen LogP contribution in [0, 0.1) is 0 Å². The standard InChI is InChI=1S/C27H23F3N2O/c1-2-26(18-19-9-4-3-5-10-19,21-13-7-14-22(17-21)27(28,29)30)25(33)32-23-15-6-11-20-12-8-16-31-24(20)23/h3-17H,2,18H2,1H3,(H,32,33). The van der Waals surface area contributed by atoms with Gasteiger partial charge >= 0.3 is 6.18 Å². The van der Waals surface area contributed by atoms with E-state index in [2.05, 4.69) is 10.3 Å². The maximum Gasteiger partial charge on any atom is 0.416 e. The monoisotopic (exact) mass is 448 g/mol. The lowest BCUT2D eigenvalue weighted by Crippen LogP contribution is -2.42.